The van der Waals surface area contributed by atoms with E-state index in [4.69, 9.17) is 18.9 Å². The average molecular weight is 841 g/mol. The molecule has 0 saturated carbocycles. The Hall–Kier alpha value is -1.22. The topological polar surface area (TPSA) is 71.1 Å². The molecule has 8 heteroatoms. The van der Waals surface area contributed by atoms with Crippen LogP contribution in [0.15, 0.2) is 0 Å². The summed E-state index contributed by atoms with van der Waals surface area (Å²) in [7, 11) is 7.52. The number of esters is 2. The van der Waals surface area contributed by atoms with Crippen molar-refractivity contribution in [2.75, 3.05) is 67.7 Å². The molecule has 0 amide bonds. The Morgan fingerprint density at radius 2 is 0.593 bits per heavy atom. The third-order valence-corrected chi connectivity index (χ3v) is 12.7. The molecule has 0 radical (unpaired) electrons. The zero-order valence-electron chi connectivity index (χ0n) is 41.8. The van der Waals surface area contributed by atoms with Crippen LogP contribution in [0.4, 0.5) is 0 Å². The van der Waals surface area contributed by atoms with Crippen molar-refractivity contribution in [2.45, 2.75) is 252 Å². The van der Waals surface area contributed by atoms with Crippen molar-refractivity contribution < 1.29 is 37.5 Å². The van der Waals surface area contributed by atoms with Gasteiger partial charge in [0.15, 0.2) is 0 Å². The van der Waals surface area contributed by atoms with Gasteiger partial charge in [-0.25, -0.2) is 9.59 Å². The molecule has 0 saturated heterocycles. The van der Waals surface area contributed by atoms with Crippen LogP contribution in [0.2, 0.25) is 0 Å². The number of methoxy groups -OCH3 is 2. The SMILES string of the molecule is CCCCCCCCCCCCCC[N+](C)(CCCCC[N+](C)(CCCCCCCCCCCCCC)[C@@H](COC(C)(C)C)C(=O)OC)[C@@H](COC(C)(C)C)C(=O)OC. The molecule has 0 heterocycles. The van der Waals surface area contributed by atoms with Crippen molar-refractivity contribution in [3.8, 4) is 0 Å². The lowest BCUT2D eigenvalue weighted by Gasteiger charge is -2.42. The summed E-state index contributed by atoms with van der Waals surface area (Å²) in [5, 5.41) is 0. The summed E-state index contributed by atoms with van der Waals surface area (Å²) in [5.41, 5.74) is -0.675. The van der Waals surface area contributed by atoms with E-state index < -0.39 is 0 Å². The number of carbonyl (C=O) groups excluding carboxylic acids is 2. The largest absolute Gasteiger partial charge is 0.465 e. The summed E-state index contributed by atoms with van der Waals surface area (Å²) < 4.78 is 24.7. The van der Waals surface area contributed by atoms with Crippen molar-refractivity contribution in [1.29, 1.82) is 0 Å². The van der Waals surface area contributed by atoms with Gasteiger partial charge in [-0.15, -0.1) is 0 Å². The van der Waals surface area contributed by atoms with Gasteiger partial charge in [-0.3, -0.25) is 0 Å². The van der Waals surface area contributed by atoms with Crippen LogP contribution in [0.1, 0.15) is 229 Å². The molecule has 0 bridgehead atoms. The number of quaternary nitrogens is 2. The fourth-order valence-corrected chi connectivity index (χ4v) is 8.53. The Morgan fingerprint density at radius 3 is 0.797 bits per heavy atom. The molecular formula is C51H104N2O6+2. The Kier molecular flexibility index (Phi) is 33.6. The van der Waals surface area contributed by atoms with E-state index in [1.165, 1.54) is 155 Å². The molecule has 59 heavy (non-hydrogen) atoms. The van der Waals surface area contributed by atoms with Gasteiger partial charge in [0.05, 0.1) is 65.7 Å². The van der Waals surface area contributed by atoms with E-state index in [1.807, 2.05) is 0 Å². The van der Waals surface area contributed by atoms with E-state index in [0.717, 1.165) is 58.3 Å². The lowest BCUT2D eigenvalue weighted by molar-refractivity contribution is -0.928. The van der Waals surface area contributed by atoms with Crippen LogP contribution >= 0.6 is 0 Å². The van der Waals surface area contributed by atoms with Crippen LogP contribution in [0.3, 0.4) is 0 Å². The molecule has 0 N–H and O–H groups in total. The van der Waals surface area contributed by atoms with Crippen molar-refractivity contribution >= 4 is 11.9 Å². The van der Waals surface area contributed by atoms with Crippen molar-refractivity contribution in [3.05, 3.63) is 0 Å². The maximum Gasteiger partial charge on any atom is 0.367 e. The Morgan fingerprint density at radius 1 is 0.390 bits per heavy atom. The number of rotatable bonds is 40. The van der Waals surface area contributed by atoms with E-state index in [2.05, 4.69) is 69.5 Å². The van der Waals surface area contributed by atoms with E-state index >= 15 is 0 Å². The van der Waals surface area contributed by atoms with Crippen LogP contribution < -0.4 is 0 Å². The minimum atomic E-state index is -0.364. The Balaban J connectivity index is 5.52. The second-order valence-corrected chi connectivity index (χ2v) is 20.6. The number of carbonyl (C=O) groups is 2. The van der Waals surface area contributed by atoms with Gasteiger partial charge in [0.1, 0.15) is 13.2 Å². The number of nitrogens with zero attached hydrogens (tertiary/aromatic N) is 2. The second kappa shape index (κ2) is 34.3. The number of likely N-dealkylation sites (N-methyl/N-ethyl adjacent to an activating group) is 2. The van der Waals surface area contributed by atoms with E-state index in [1.54, 1.807) is 0 Å². The first-order valence-corrected chi connectivity index (χ1v) is 25.1. The summed E-state index contributed by atoms with van der Waals surface area (Å²) in [6.07, 6.45) is 34.6. The van der Waals surface area contributed by atoms with Gasteiger partial charge in [0, 0.05) is 0 Å². The van der Waals surface area contributed by atoms with Crippen LogP contribution in [0, 0.1) is 0 Å². The monoisotopic (exact) mass is 841 g/mol. The van der Waals surface area contributed by atoms with Crippen LogP contribution in [0.25, 0.3) is 0 Å². The molecule has 0 spiro atoms. The normalized spacial score (nSPS) is 15.4. The quantitative estimate of drug-likeness (QED) is 0.0348. The van der Waals surface area contributed by atoms with Crippen LogP contribution in [-0.2, 0) is 28.5 Å². The van der Waals surface area contributed by atoms with Gasteiger partial charge < -0.3 is 27.9 Å². The lowest BCUT2D eigenvalue weighted by atomic mass is 10.0. The Labute approximate surface area is 368 Å². The van der Waals surface area contributed by atoms with Gasteiger partial charge in [0.2, 0.25) is 12.1 Å². The van der Waals surface area contributed by atoms with Gasteiger partial charge in [-0.1, -0.05) is 142 Å². The van der Waals surface area contributed by atoms with E-state index in [9.17, 15) is 9.59 Å². The van der Waals surface area contributed by atoms with Crippen LogP contribution in [0.5, 0.6) is 0 Å². The number of ether oxygens (including phenoxy) is 4. The first-order valence-electron chi connectivity index (χ1n) is 25.1. The smallest absolute Gasteiger partial charge is 0.367 e. The number of hydrogen-bond acceptors (Lipinski definition) is 6. The third kappa shape index (κ3) is 30.5. The molecule has 0 aliphatic carbocycles. The lowest BCUT2D eigenvalue weighted by Crippen LogP contribution is -2.60. The molecule has 352 valence electrons. The molecule has 0 aromatic heterocycles. The summed E-state index contributed by atoms with van der Waals surface area (Å²) in [6, 6.07) is -0.728. The first-order chi connectivity index (χ1) is 28.0. The fraction of sp³-hybridized carbons (Fsp3) is 0.961. The number of hydrogen-bond donors (Lipinski definition) is 0. The molecule has 0 aromatic carbocycles. The first kappa shape index (κ1) is 57.8. The predicted molar refractivity (Wildman–Crippen MR) is 251 cm³/mol. The van der Waals surface area contributed by atoms with Gasteiger partial charge in [-0.2, -0.15) is 0 Å². The Bertz CT molecular complexity index is 931. The molecule has 2 unspecified atom stereocenters. The molecule has 0 aliphatic heterocycles. The fourth-order valence-electron chi connectivity index (χ4n) is 8.53. The molecule has 0 rings (SSSR count). The van der Waals surface area contributed by atoms with Crippen molar-refractivity contribution in [2.24, 2.45) is 0 Å². The highest BCUT2D eigenvalue weighted by atomic mass is 16.5. The summed E-state index contributed by atoms with van der Waals surface area (Å²) in [6.45, 7) is 21.2. The van der Waals surface area contributed by atoms with Gasteiger partial charge in [0.25, 0.3) is 0 Å². The highest BCUT2D eigenvalue weighted by Gasteiger charge is 2.41. The average Bonchev–Trinajstić information content (AvgIpc) is 3.17. The summed E-state index contributed by atoms with van der Waals surface area (Å²) in [4.78, 5) is 26.8. The maximum atomic E-state index is 13.4. The standard InChI is InChI=1S/C51H104N2O6/c1-13-15-17-19-21-23-25-27-29-31-33-36-40-52(9,46(48(54)56-11)44-58-50(3,4)5)42-38-35-39-43-53(10,47(49(55)57-12)45-59-51(6,7)8)41-37-34-32-30-28-26-24-22-20-18-16-14-2/h46-47H,13-45H2,1-12H3/q+2/t46-,47-,52?,53?/m0/s1. The van der Waals surface area contributed by atoms with Crippen LogP contribution in [-0.4, -0.2) is 112 Å². The molecule has 4 atom stereocenters. The molecule has 8 nitrogen and oxygen atoms in total. The summed E-state index contributed by atoms with van der Waals surface area (Å²) in [5.74, 6) is -0.357. The van der Waals surface area contributed by atoms with Gasteiger partial charge >= 0.3 is 11.9 Å². The second-order valence-electron chi connectivity index (χ2n) is 20.6. The maximum absolute atomic E-state index is 13.4. The van der Waals surface area contributed by atoms with E-state index in [-0.39, 0.29) is 35.2 Å². The third-order valence-electron chi connectivity index (χ3n) is 12.7. The highest BCUT2D eigenvalue weighted by molar-refractivity contribution is 5.75. The van der Waals surface area contributed by atoms with E-state index in [0.29, 0.717) is 22.2 Å². The van der Waals surface area contributed by atoms with Crippen molar-refractivity contribution in [1.82, 2.24) is 0 Å². The predicted octanol–water partition coefficient (Wildman–Crippen LogP) is 13.2. The highest BCUT2D eigenvalue weighted by Crippen LogP contribution is 2.24. The van der Waals surface area contributed by atoms with Gasteiger partial charge in [-0.05, 0) is 86.5 Å². The minimum Gasteiger partial charge on any atom is -0.465 e. The molecule has 0 aromatic rings. The zero-order chi connectivity index (χ0) is 44.5. The minimum absolute atomic E-state index is 0.179. The zero-order valence-corrected chi connectivity index (χ0v) is 41.8. The molecule has 0 fully saturated rings. The summed E-state index contributed by atoms with van der Waals surface area (Å²) >= 11 is 0. The molecular weight excluding hydrogens is 737 g/mol. The van der Waals surface area contributed by atoms with Crippen molar-refractivity contribution in [3.63, 3.8) is 0 Å². The number of unbranched alkanes of at least 4 members (excludes halogenated alkanes) is 24. The molecule has 0 aliphatic rings.